The van der Waals surface area contributed by atoms with Gasteiger partial charge in [0.05, 0.1) is 42.7 Å². The number of rotatable bonds is 13. The van der Waals surface area contributed by atoms with Crippen molar-refractivity contribution in [1.29, 1.82) is 0 Å². The van der Waals surface area contributed by atoms with Crippen molar-refractivity contribution in [2.75, 3.05) is 48.4 Å². The van der Waals surface area contributed by atoms with Crippen molar-refractivity contribution >= 4 is 28.0 Å². The maximum atomic E-state index is 12.3. The van der Waals surface area contributed by atoms with Crippen LogP contribution in [0.15, 0.2) is 36.5 Å². The first-order valence-corrected chi connectivity index (χ1v) is 11.8. The van der Waals surface area contributed by atoms with Crippen molar-refractivity contribution in [2.45, 2.75) is 0 Å². The average molecular weight is 508 g/mol. The molecule has 0 amide bonds. The van der Waals surface area contributed by atoms with Gasteiger partial charge in [0.15, 0.2) is 28.8 Å². The van der Waals surface area contributed by atoms with Crippen LogP contribution in [0.4, 0.5) is 0 Å². The van der Waals surface area contributed by atoms with Gasteiger partial charge >= 0.3 is 0 Å². The van der Waals surface area contributed by atoms with Gasteiger partial charge in [-0.25, -0.2) is 8.42 Å². The molecule has 0 aliphatic carbocycles. The molecule has 0 aromatic heterocycles. The van der Waals surface area contributed by atoms with Crippen LogP contribution in [0.3, 0.4) is 0 Å². The molecule has 0 aliphatic rings. The van der Waals surface area contributed by atoms with Crippen LogP contribution in [0.5, 0.6) is 34.5 Å². The molecule has 2 aromatic carbocycles. The zero-order valence-electron chi connectivity index (χ0n) is 20.4. The summed E-state index contributed by atoms with van der Waals surface area (Å²) in [6.07, 6.45) is 5.35. The minimum atomic E-state index is -3.93. The molecule has 0 radical (unpaired) electrons. The van der Waals surface area contributed by atoms with Crippen LogP contribution < -0.4 is 33.1 Å². The maximum Gasteiger partial charge on any atom is 0.239 e. The smallest absolute Gasteiger partial charge is 0.239 e. The average Bonchev–Trinajstić information content (AvgIpc) is 2.85. The molecule has 1 N–H and O–H groups in total. The number of sulfonamides is 1. The Labute approximate surface area is 205 Å². The van der Waals surface area contributed by atoms with Crippen LogP contribution in [-0.4, -0.2) is 62.6 Å². The number of hydrogen-bond acceptors (Lipinski definition) is 9. The summed E-state index contributed by atoms with van der Waals surface area (Å²) in [7, 11) is 4.93. The molecule has 0 saturated heterocycles. The Morgan fingerprint density at radius 1 is 0.714 bits per heavy atom. The fourth-order valence-corrected chi connectivity index (χ4v) is 3.92. The third-order valence-electron chi connectivity index (χ3n) is 4.69. The van der Waals surface area contributed by atoms with Crippen LogP contribution in [0.25, 0.3) is 12.2 Å². The number of hydrogen-bond donors (Lipinski definition) is 1. The van der Waals surface area contributed by atoms with Gasteiger partial charge in [0.1, 0.15) is 5.75 Å². The van der Waals surface area contributed by atoms with E-state index in [-0.39, 0.29) is 0 Å². The number of methoxy groups -OCH3 is 6. The number of carbonyl (C=O) groups is 1. The Balaban J connectivity index is 2.10. The Morgan fingerprint density at radius 3 is 1.49 bits per heavy atom. The SMILES string of the molecule is COc1cc(/C=C\C(=O)CS(=O)(=O)N/C=C/c2cc(OC)c(OC)c(OC)c2)cc(OC)c1OC. The molecule has 11 heteroatoms. The fourth-order valence-electron chi connectivity index (χ4n) is 3.10. The number of ketones is 1. The Kier molecular flexibility index (Phi) is 9.83. The van der Waals surface area contributed by atoms with Crippen LogP contribution in [0, 0.1) is 0 Å². The predicted octanol–water partition coefficient (Wildman–Crippen LogP) is 2.91. The summed E-state index contributed by atoms with van der Waals surface area (Å²) >= 11 is 0. The predicted molar refractivity (Wildman–Crippen MR) is 132 cm³/mol. The Morgan fingerprint density at radius 2 is 1.11 bits per heavy atom. The largest absolute Gasteiger partial charge is 0.493 e. The summed E-state index contributed by atoms with van der Waals surface area (Å²) in [6.45, 7) is 0. The van der Waals surface area contributed by atoms with Gasteiger partial charge in [0.25, 0.3) is 0 Å². The lowest BCUT2D eigenvalue weighted by Crippen LogP contribution is -2.25. The Bertz CT molecular complexity index is 1150. The monoisotopic (exact) mass is 507 g/mol. The lowest BCUT2D eigenvalue weighted by molar-refractivity contribution is -0.112. The van der Waals surface area contributed by atoms with E-state index in [0.29, 0.717) is 45.6 Å². The highest BCUT2D eigenvalue weighted by Crippen LogP contribution is 2.39. The molecule has 10 nitrogen and oxygen atoms in total. The molecule has 190 valence electrons. The first kappa shape index (κ1) is 27.4. The third-order valence-corrected chi connectivity index (χ3v) is 5.85. The van der Waals surface area contributed by atoms with Gasteiger partial charge < -0.3 is 28.4 Å². The second-order valence-corrected chi connectivity index (χ2v) is 8.68. The van der Waals surface area contributed by atoms with E-state index < -0.39 is 21.6 Å². The molecular formula is C24H29NO9S. The summed E-state index contributed by atoms with van der Waals surface area (Å²) in [5.74, 6) is 1.11. The lowest BCUT2D eigenvalue weighted by Gasteiger charge is -2.13. The van der Waals surface area contributed by atoms with E-state index in [2.05, 4.69) is 4.72 Å². The zero-order valence-corrected chi connectivity index (χ0v) is 21.2. The highest BCUT2D eigenvalue weighted by Gasteiger charge is 2.15. The minimum absolute atomic E-state index is 0.407. The first-order valence-electron chi connectivity index (χ1n) is 10.2. The van der Waals surface area contributed by atoms with Gasteiger partial charge in [0.2, 0.25) is 21.5 Å². The summed E-state index contributed by atoms with van der Waals surface area (Å²) < 4.78 is 58.5. The maximum absolute atomic E-state index is 12.3. The van der Waals surface area contributed by atoms with Crippen molar-refractivity contribution in [3.63, 3.8) is 0 Å². The number of ether oxygens (including phenoxy) is 6. The summed E-state index contributed by atoms with van der Waals surface area (Å²) in [4.78, 5) is 12.3. The van der Waals surface area contributed by atoms with E-state index in [1.54, 1.807) is 24.3 Å². The van der Waals surface area contributed by atoms with Crippen molar-refractivity contribution in [2.24, 2.45) is 0 Å². The van der Waals surface area contributed by atoms with Crippen molar-refractivity contribution in [1.82, 2.24) is 4.72 Å². The van der Waals surface area contributed by atoms with E-state index in [0.717, 1.165) is 0 Å². The third kappa shape index (κ3) is 7.31. The molecule has 35 heavy (non-hydrogen) atoms. The highest BCUT2D eigenvalue weighted by atomic mass is 32.2. The normalized spacial score (nSPS) is 11.4. The lowest BCUT2D eigenvalue weighted by atomic mass is 10.1. The van der Waals surface area contributed by atoms with E-state index in [4.69, 9.17) is 28.4 Å². The number of nitrogens with one attached hydrogen (secondary N) is 1. The van der Waals surface area contributed by atoms with Crippen molar-refractivity contribution < 1.29 is 41.6 Å². The molecule has 0 saturated carbocycles. The molecule has 0 fully saturated rings. The van der Waals surface area contributed by atoms with Gasteiger partial charge in [0, 0.05) is 6.20 Å². The topological polar surface area (TPSA) is 119 Å². The molecule has 2 rings (SSSR count). The van der Waals surface area contributed by atoms with Crippen molar-refractivity contribution in [3.8, 4) is 34.5 Å². The second kappa shape index (κ2) is 12.6. The van der Waals surface area contributed by atoms with Crippen molar-refractivity contribution in [3.05, 3.63) is 47.7 Å². The Hall–Kier alpha value is -3.86. The van der Waals surface area contributed by atoms with E-state index in [1.807, 2.05) is 0 Å². The molecule has 2 aromatic rings. The number of carbonyl (C=O) groups excluding carboxylic acids is 1. The minimum Gasteiger partial charge on any atom is -0.493 e. The second-order valence-electron chi connectivity index (χ2n) is 6.93. The van der Waals surface area contributed by atoms with Crippen LogP contribution in [-0.2, 0) is 14.8 Å². The van der Waals surface area contributed by atoms with Crippen LogP contribution >= 0.6 is 0 Å². The standard InChI is InChI=1S/C24H29NO9S/c1-29-19-11-16(12-20(30-2)23(19)33-5)7-8-18(26)15-35(27,28)25-10-9-17-13-21(31-3)24(34-6)22(14-17)32-4/h7-14,25H,15H2,1-6H3/b8-7-,10-9+. The molecule has 0 bridgehead atoms. The quantitative estimate of drug-likeness (QED) is 0.408. The van der Waals surface area contributed by atoms with Gasteiger partial charge in [-0.1, -0.05) is 6.08 Å². The molecule has 0 spiro atoms. The van der Waals surface area contributed by atoms with Gasteiger partial charge in [-0.15, -0.1) is 0 Å². The molecule has 0 unspecified atom stereocenters. The number of allylic oxidation sites excluding steroid dienone is 1. The van der Waals surface area contributed by atoms with Crippen LogP contribution in [0.1, 0.15) is 11.1 Å². The molecule has 0 aliphatic heterocycles. The summed E-state index contributed by atoms with van der Waals surface area (Å²) in [5.41, 5.74) is 1.16. The zero-order chi connectivity index (χ0) is 26.0. The van der Waals surface area contributed by atoms with E-state index in [1.165, 1.54) is 67.1 Å². The van der Waals surface area contributed by atoms with Gasteiger partial charge in [-0.3, -0.25) is 9.52 Å². The molecule has 0 heterocycles. The van der Waals surface area contributed by atoms with Gasteiger partial charge in [-0.2, -0.15) is 0 Å². The summed E-state index contributed by atoms with van der Waals surface area (Å²) in [6, 6.07) is 6.57. The van der Waals surface area contributed by atoms with Gasteiger partial charge in [-0.05, 0) is 47.5 Å². The highest BCUT2D eigenvalue weighted by molar-refractivity contribution is 7.90. The van der Waals surface area contributed by atoms with E-state index >= 15 is 0 Å². The van der Waals surface area contributed by atoms with Crippen LogP contribution in [0.2, 0.25) is 0 Å². The fraction of sp³-hybridized carbons (Fsp3) is 0.292. The summed E-state index contributed by atoms with van der Waals surface area (Å²) in [5, 5.41) is 0. The molecule has 0 atom stereocenters. The van der Waals surface area contributed by atoms with E-state index in [9.17, 15) is 13.2 Å². The number of benzene rings is 2. The first-order chi connectivity index (χ1) is 16.7. The molecular weight excluding hydrogens is 478 g/mol.